The summed E-state index contributed by atoms with van der Waals surface area (Å²) in [6, 6.07) is 4.33. The van der Waals surface area contributed by atoms with Crippen LogP contribution in [0.4, 0.5) is 0 Å². The highest BCUT2D eigenvalue weighted by Gasteiger charge is 2.14. The summed E-state index contributed by atoms with van der Waals surface area (Å²) in [6.45, 7) is 2.64. The van der Waals surface area contributed by atoms with E-state index in [-0.39, 0.29) is 9.92 Å². The largest absolute Gasteiger partial charge is 0.494 e. The second-order valence-corrected chi connectivity index (χ2v) is 6.17. The lowest BCUT2D eigenvalue weighted by Gasteiger charge is -2.07. The van der Waals surface area contributed by atoms with Crippen LogP contribution in [0.25, 0.3) is 0 Å². The van der Waals surface area contributed by atoms with E-state index in [1.165, 1.54) is 18.2 Å². The van der Waals surface area contributed by atoms with Gasteiger partial charge in [0.15, 0.2) is 0 Å². The Kier molecular flexibility index (Phi) is 4.89. The SMILES string of the molecule is CCCCOc1ccc(S(=O)(=O)Cl)c(Cl)c1. The van der Waals surface area contributed by atoms with Crippen LogP contribution in [-0.4, -0.2) is 15.0 Å². The lowest BCUT2D eigenvalue weighted by molar-refractivity contribution is 0.309. The van der Waals surface area contributed by atoms with Gasteiger partial charge < -0.3 is 4.74 Å². The van der Waals surface area contributed by atoms with Gasteiger partial charge in [0.2, 0.25) is 0 Å². The molecule has 1 aromatic rings. The summed E-state index contributed by atoms with van der Waals surface area (Å²) in [5.41, 5.74) is 0. The molecule has 0 saturated carbocycles. The van der Waals surface area contributed by atoms with Crippen LogP contribution in [-0.2, 0) is 9.05 Å². The zero-order chi connectivity index (χ0) is 12.2. The Balaban J connectivity index is 2.83. The Morgan fingerprint density at radius 1 is 1.38 bits per heavy atom. The van der Waals surface area contributed by atoms with Crippen molar-refractivity contribution in [2.24, 2.45) is 0 Å². The molecule has 1 aromatic carbocycles. The molecule has 0 aromatic heterocycles. The highest BCUT2D eigenvalue weighted by Crippen LogP contribution is 2.28. The maximum atomic E-state index is 11.1. The highest BCUT2D eigenvalue weighted by atomic mass is 35.7. The number of benzene rings is 1. The normalized spacial score (nSPS) is 11.4. The molecular weight excluding hydrogens is 271 g/mol. The summed E-state index contributed by atoms with van der Waals surface area (Å²) in [7, 11) is 1.40. The predicted molar refractivity (Wildman–Crippen MR) is 64.9 cm³/mol. The molecule has 3 nitrogen and oxygen atoms in total. The Bertz CT molecular complexity index is 457. The summed E-state index contributed by atoms with van der Waals surface area (Å²) < 4.78 is 27.5. The van der Waals surface area contributed by atoms with E-state index in [4.69, 9.17) is 27.0 Å². The predicted octanol–water partition coefficient (Wildman–Crippen LogP) is 3.45. The second kappa shape index (κ2) is 5.75. The number of ether oxygens (including phenoxy) is 1. The maximum Gasteiger partial charge on any atom is 0.262 e. The molecule has 1 rings (SSSR count). The van der Waals surface area contributed by atoms with Crippen LogP contribution in [0.3, 0.4) is 0 Å². The molecule has 0 heterocycles. The van der Waals surface area contributed by atoms with Crippen LogP contribution >= 0.6 is 22.3 Å². The van der Waals surface area contributed by atoms with Crippen molar-refractivity contribution in [2.45, 2.75) is 24.7 Å². The van der Waals surface area contributed by atoms with Crippen LogP contribution in [0, 0.1) is 0 Å². The molecule has 0 spiro atoms. The van der Waals surface area contributed by atoms with E-state index in [1.54, 1.807) is 0 Å². The van der Waals surface area contributed by atoms with Gasteiger partial charge in [0.1, 0.15) is 10.6 Å². The average Bonchev–Trinajstić information content (AvgIpc) is 2.16. The van der Waals surface area contributed by atoms with E-state index in [9.17, 15) is 8.42 Å². The monoisotopic (exact) mass is 282 g/mol. The summed E-state index contributed by atoms with van der Waals surface area (Å²) in [5, 5.41) is 0.0731. The molecule has 16 heavy (non-hydrogen) atoms. The fraction of sp³-hybridized carbons (Fsp3) is 0.400. The van der Waals surface area contributed by atoms with Gasteiger partial charge in [-0.05, 0) is 18.6 Å². The third kappa shape index (κ3) is 3.85. The van der Waals surface area contributed by atoms with Crippen LogP contribution in [0.1, 0.15) is 19.8 Å². The van der Waals surface area contributed by atoms with Gasteiger partial charge in [-0.25, -0.2) is 8.42 Å². The molecule has 0 aliphatic heterocycles. The lowest BCUT2D eigenvalue weighted by Crippen LogP contribution is -1.98. The fourth-order valence-electron chi connectivity index (χ4n) is 1.10. The van der Waals surface area contributed by atoms with Gasteiger partial charge in [-0.15, -0.1) is 0 Å². The minimum atomic E-state index is -3.79. The quantitative estimate of drug-likeness (QED) is 0.614. The Hall–Kier alpha value is -0.450. The van der Waals surface area contributed by atoms with E-state index in [0.717, 1.165) is 12.8 Å². The minimum absolute atomic E-state index is 0.0731. The first kappa shape index (κ1) is 13.6. The third-order valence-corrected chi connectivity index (χ3v) is 3.74. The van der Waals surface area contributed by atoms with Crippen LogP contribution < -0.4 is 4.74 Å². The van der Waals surface area contributed by atoms with Gasteiger partial charge in [-0.3, -0.25) is 0 Å². The molecule has 0 N–H and O–H groups in total. The zero-order valence-electron chi connectivity index (χ0n) is 8.74. The standard InChI is InChI=1S/C10H12Cl2O3S/c1-2-3-6-15-8-4-5-10(9(11)7-8)16(12,13)14/h4-5,7H,2-3,6H2,1H3. The van der Waals surface area contributed by atoms with Crippen molar-refractivity contribution in [3.63, 3.8) is 0 Å². The molecule has 0 aliphatic rings. The average molecular weight is 283 g/mol. The molecule has 90 valence electrons. The summed E-state index contributed by atoms with van der Waals surface area (Å²) in [4.78, 5) is -0.0984. The number of unbranched alkanes of at least 4 members (excludes halogenated alkanes) is 1. The van der Waals surface area contributed by atoms with E-state index in [0.29, 0.717) is 12.4 Å². The molecule has 0 amide bonds. The van der Waals surface area contributed by atoms with Crippen molar-refractivity contribution < 1.29 is 13.2 Å². The highest BCUT2D eigenvalue weighted by molar-refractivity contribution is 8.13. The molecule has 0 bridgehead atoms. The van der Waals surface area contributed by atoms with Gasteiger partial charge >= 0.3 is 0 Å². The summed E-state index contributed by atoms with van der Waals surface area (Å²) in [5.74, 6) is 0.544. The van der Waals surface area contributed by atoms with Crippen LogP contribution in [0.15, 0.2) is 23.1 Å². The topological polar surface area (TPSA) is 43.4 Å². The zero-order valence-corrected chi connectivity index (χ0v) is 11.1. The maximum absolute atomic E-state index is 11.1. The van der Waals surface area contributed by atoms with E-state index >= 15 is 0 Å². The van der Waals surface area contributed by atoms with Crippen molar-refractivity contribution in [1.82, 2.24) is 0 Å². The number of rotatable bonds is 5. The molecular formula is C10H12Cl2O3S. The molecule has 0 fully saturated rings. The first-order valence-electron chi connectivity index (χ1n) is 4.82. The lowest BCUT2D eigenvalue weighted by atomic mass is 10.3. The van der Waals surface area contributed by atoms with Crippen molar-refractivity contribution in [3.8, 4) is 5.75 Å². The van der Waals surface area contributed by atoms with Gasteiger partial charge in [0.05, 0.1) is 11.6 Å². The second-order valence-electron chi connectivity index (χ2n) is 3.23. The van der Waals surface area contributed by atoms with Crippen LogP contribution in [0.2, 0.25) is 5.02 Å². The van der Waals surface area contributed by atoms with Crippen LogP contribution in [0.5, 0.6) is 5.75 Å². The van der Waals surface area contributed by atoms with Crippen molar-refractivity contribution >= 4 is 31.3 Å². The van der Waals surface area contributed by atoms with Crippen molar-refractivity contribution in [2.75, 3.05) is 6.61 Å². The molecule has 0 unspecified atom stereocenters. The molecule has 0 atom stereocenters. The Morgan fingerprint density at radius 2 is 2.06 bits per heavy atom. The molecule has 6 heteroatoms. The fourth-order valence-corrected chi connectivity index (χ4v) is 2.62. The van der Waals surface area contributed by atoms with Gasteiger partial charge in [0.25, 0.3) is 9.05 Å². The smallest absolute Gasteiger partial charge is 0.262 e. The number of hydrogen-bond donors (Lipinski definition) is 0. The van der Waals surface area contributed by atoms with E-state index < -0.39 is 9.05 Å². The summed E-state index contributed by atoms with van der Waals surface area (Å²) in [6.07, 6.45) is 1.97. The summed E-state index contributed by atoms with van der Waals surface area (Å²) >= 11 is 5.78. The Morgan fingerprint density at radius 3 is 2.56 bits per heavy atom. The first-order valence-corrected chi connectivity index (χ1v) is 7.51. The molecule has 0 saturated heterocycles. The number of hydrogen-bond acceptors (Lipinski definition) is 3. The van der Waals surface area contributed by atoms with Gasteiger partial charge in [-0.1, -0.05) is 24.9 Å². The van der Waals surface area contributed by atoms with E-state index in [1.807, 2.05) is 0 Å². The number of halogens is 2. The van der Waals surface area contributed by atoms with Gasteiger partial charge in [0, 0.05) is 16.7 Å². The first-order chi connectivity index (χ1) is 7.45. The van der Waals surface area contributed by atoms with Crippen molar-refractivity contribution in [1.29, 1.82) is 0 Å². The Labute approximate surface area is 105 Å². The van der Waals surface area contributed by atoms with E-state index in [2.05, 4.69) is 6.92 Å². The third-order valence-electron chi connectivity index (χ3n) is 1.93. The van der Waals surface area contributed by atoms with Crippen molar-refractivity contribution in [3.05, 3.63) is 23.2 Å². The molecule has 0 radical (unpaired) electrons. The molecule has 0 aliphatic carbocycles. The minimum Gasteiger partial charge on any atom is -0.494 e. The van der Waals surface area contributed by atoms with Gasteiger partial charge in [-0.2, -0.15) is 0 Å².